The molecule has 0 N–H and O–H groups in total. The van der Waals surface area contributed by atoms with Crippen molar-refractivity contribution in [1.29, 1.82) is 5.26 Å². The van der Waals surface area contributed by atoms with Crippen LogP contribution in [0.25, 0.3) is 0 Å². The van der Waals surface area contributed by atoms with Gasteiger partial charge in [0.2, 0.25) is 0 Å². The molecule has 0 saturated carbocycles. The zero-order valence-corrected chi connectivity index (χ0v) is 10.2. The van der Waals surface area contributed by atoms with Crippen LogP contribution in [0.2, 0.25) is 0 Å². The van der Waals surface area contributed by atoms with E-state index in [1.165, 1.54) is 17.3 Å². The Morgan fingerprint density at radius 1 is 1.69 bits per heavy atom. The monoisotopic (exact) mass is 233 g/mol. The Balaban J connectivity index is 2.00. The molecule has 0 amide bonds. The predicted molar refractivity (Wildman–Crippen MR) is 65.8 cm³/mol. The van der Waals surface area contributed by atoms with E-state index in [-0.39, 0.29) is 0 Å². The minimum absolute atomic E-state index is 0.470. The van der Waals surface area contributed by atoms with E-state index in [1.807, 2.05) is 18.5 Å². The number of rotatable bonds is 3. The van der Waals surface area contributed by atoms with Crippen LogP contribution in [-0.2, 0) is 0 Å². The lowest BCUT2D eigenvalue weighted by Crippen LogP contribution is -2.18. The zero-order chi connectivity index (χ0) is 11.4. The molecule has 3 nitrogen and oxygen atoms in total. The molecule has 4 heteroatoms. The average molecular weight is 233 g/mol. The molecule has 1 saturated heterocycles. The molecule has 16 heavy (non-hydrogen) atoms. The summed E-state index contributed by atoms with van der Waals surface area (Å²) in [6.07, 6.45) is 4.89. The lowest BCUT2D eigenvalue weighted by Gasteiger charge is -2.18. The molecule has 2 heterocycles. The Bertz CT molecular complexity index is 374. The van der Waals surface area contributed by atoms with Crippen LogP contribution in [0.5, 0.6) is 0 Å². The number of aromatic nitrogens is 1. The third-order valence-electron chi connectivity index (χ3n) is 3.09. The van der Waals surface area contributed by atoms with Crippen molar-refractivity contribution >= 4 is 11.8 Å². The Morgan fingerprint density at radius 2 is 2.56 bits per heavy atom. The van der Waals surface area contributed by atoms with Gasteiger partial charge in [-0.05, 0) is 42.8 Å². The summed E-state index contributed by atoms with van der Waals surface area (Å²) < 4.78 is 0. The summed E-state index contributed by atoms with van der Waals surface area (Å²) >= 11 is 1.37. The number of nitriles is 1. The number of hydrogen-bond acceptors (Lipinski definition) is 4. The molecule has 1 unspecified atom stereocenters. The summed E-state index contributed by atoms with van der Waals surface area (Å²) in [7, 11) is 2.15. The minimum atomic E-state index is 0.470. The summed E-state index contributed by atoms with van der Waals surface area (Å²) in [4.78, 5) is 6.53. The van der Waals surface area contributed by atoms with Crippen LogP contribution in [0.3, 0.4) is 0 Å². The molecule has 0 spiro atoms. The molecule has 1 aromatic rings. The molecule has 0 radical (unpaired) electrons. The smallest absolute Gasteiger partial charge is 0.133 e. The van der Waals surface area contributed by atoms with E-state index >= 15 is 0 Å². The van der Waals surface area contributed by atoms with E-state index in [2.05, 4.69) is 28.4 Å². The maximum Gasteiger partial charge on any atom is 0.133 e. The number of thiocyanates is 1. The number of nitrogens with zero attached hydrogens (tertiary/aromatic N) is 3. The lowest BCUT2D eigenvalue weighted by atomic mass is 10.0. The van der Waals surface area contributed by atoms with Crippen LogP contribution in [0.1, 0.15) is 18.0 Å². The van der Waals surface area contributed by atoms with Gasteiger partial charge in [0.05, 0.1) is 0 Å². The second-order valence-electron chi connectivity index (χ2n) is 4.25. The molecular formula is C12H15N3S. The SMILES string of the molecule is CN1CC(CSC#N)C[C@H]1c1cccnc1. The second-order valence-corrected chi connectivity index (χ2v) is 5.05. The van der Waals surface area contributed by atoms with Crippen LogP contribution in [0, 0.1) is 16.6 Å². The largest absolute Gasteiger partial charge is 0.299 e. The van der Waals surface area contributed by atoms with Gasteiger partial charge < -0.3 is 0 Å². The predicted octanol–water partition coefficient (Wildman–Crippen LogP) is 2.29. The number of hydrogen-bond donors (Lipinski definition) is 0. The van der Waals surface area contributed by atoms with Crippen molar-refractivity contribution in [3.05, 3.63) is 30.1 Å². The van der Waals surface area contributed by atoms with Gasteiger partial charge in [0.25, 0.3) is 0 Å². The molecule has 0 aromatic carbocycles. The van der Waals surface area contributed by atoms with Crippen LogP contribution in [-0.4, -0.2) is 29.2 Å². The van der Waals surface area contributed by atoms with Gasteiger partial charge in [0, 0.05) is 30.7 Å². The second kappa shape index (κ2) is 5.33. The molecule has 1 aromatic heterocycles. The fourth-order valence-electron chi connectivity index (χ4n) is 2.34. The first-order valence-electron chi connectivity index (χ1n) is 5.42. The zero-order valence-electron chi connectivity index (χ0n) is 9.34. The quantitative estimate of drug-likeness (QED) is 0.751. The molecule has 2 atom stereocenters. The average Bonchev–Trinajstić information content (AvgIpc) is 2.69. The van der Waals surface area contributed by atoms with Gasteiger partial charge >= 0.3 is 0 Å². The van der Waals surface area contributed by atoms with Crippen molar-refractivity contribution in [2.45, 2.75) is 12.5 Å². The summed E-state index contributed by atoms with van der Waals surface area (Å²) in [6.45, 7) is 1.08. The van der Waals surface area contributed by atoms with E-state index in [4.69, 9.17) is 5.26 Å². The van der Waals surface area contributed by atoms with E-state index in [0.29, 0.717) is 12.0 Å². The maximum atomic E-state index is 8.56. The maximum absolute atomic E-state index is 8.56. The summed E-state index contributed by atoms with van der Waals surface area (Å²) in [5, 5.41) is 10.7. The summed E-state index contributed by atoms with van der Waals surface area (Å²) in [5.41, 5.74) is 1.29. The van der Waals surface area contributed by atoms with Crippen molar-refractivity contribution < 1.29 is 0 Å². The molecule has 0 aliphatic carbocycles. The van der Waals surface area contributed by atoms with Crippen LogP contribution in [0.4, 0.5) is 0 Å². The molecule has 0 bridgehead atoms. The van der Waals surface area contributed by atoms with Gasteiger partial charge in [-0.2, -0.15) is 5.26 Å². The van der Waals surface area contributed by atoms with Gasteiger partial charge in [-0.1, -0.05) is 6.07 Å². The number of pyridine rings is 1. The Hall–Kier alpha value is -1.05. The van der Waals surface area contributed by atoms with Crippen LogP contribution >= 0.6 is 11.8 Å². The summed E-state index contributed by atoms with van der Waals surface area (Å²) in [5.74, 6) is 1.57. The first kappa shape index (κ1) is 11.4. The van der Waals surface area contributed by atoms with E-state index < -0.39 is 0 Å². The van der Waals surface area contributed by atoms with Crippen molar-refractivity contribution in [3.8, 4) is 5.40 Å². The molecule has 2 rings (SSSR count). The fraction of sp³-hybridized carbons (Fsp3) is 0.500. The topological polar surface area (TPSA) is 39.9 Å². The highest BCUT2D eigenvalue weighted by atomic mass is 32.2. The van der Waals surface area contributed by atoms with Gasteiger partial charge in [0.15, 0.2) is 0 Å². The minimum Gasteiger partial charge on any atom is -0.299 e. The van der Waals surface area contributed by atoms with Crippen LogP contribution in [0.15, 0.2) is 24.5 Å². The van der Waals surface area contributed by atoms with Crippen LogP contribution < -0.4 is 0 Å². The fourth-order valence-corrected chi connectivity index (χ4v) is 2.90. The Morgan fingerprint density at radius 3 is 3.25 bits per heavy atom. The number of likely N-dealkylation sites (tertiary alicyclic amines) is 1. The standard InChI is InChI=1S/C12H15N3S/c1-15-7-10(8-16-9-13)5-12(15)11-3-2-4-14-6-11/h2-4,6,10,12H,5,7-8H2,1H3/t10?,12-/m0/s1. The van der Waals surface area contributed by atoms with Crippen molar-refractivity contribution in [3.63, 3.8) is 0 Å². The third kappa shape index (κ3) is 2.55. The van der Waals surface area contributed by atoms with E-state index in [0.717, 1.165) is 18.7 Å². The first-order valence-corrected chi connectivity index (χ1v) is 6.41. The lowest BCUT2D eigenvalue weighted by molar-refractivity contribution is 0.314. The van der Waals surface area contributed by atoms with E-state index in [9.17, 15) is 0 Å². The molecule has 1 fully saturated rings. The molecule has 84 valence electrons. The molecule has 1 aliphatic heterocycles. The Labute approximate surface area is 100 Å². The normalized spacial score (nSPS) is 25.5. The van der Waals surface area contributed by atoms with E-state index in [1.54, 1.807) is 0 Å². The van der Waals surface area contributed by atoms with Crippen molar-refractivity contribution in [2.24, 2.45) is 5.92 Å². The molecular weight excluding hydrogens is 218 g/mol. The van der Waals surface area contributed by atoms with Gasteiger partial charge in [-0.15, -0.1) is 0 Å². The van der Waals surface area contributed by atoms with Crippen molar-refractivity contribution in [1.82, 2.24) is 9.88 Å². The highest BCUT2D eigenvalue weighted by Gasteiger charge is 2.30. The molecule has 1 aliphatic rings. The third-order valence-corrected chi connectivity index (χ3v) is 3.85. The van der Waals surface area contributed by atoms with Gasteiger partial charge in [0.1, 0.15) is 5.40 Å². The first-order chi connectivity index (χ1) is 7.81. The Kier molecular flexibility index (Phi) is 3.81. The highest BCUT2D eigenvalue weighted by molar-refractivity contribution is 8.03. The highest BCUT2D eigenvalue weighted by Crippen LogP contribution is 2.34. The van der Waals surface area contributed by atoms with Crippen molar-refractivity contribution in [2.75, 3.05) is 19.3 Å². The van der Waals surface area contributed by atoms with Gasteiger partial charge in [-0.3, -0.25) is 9.88 Å². The van der Waals surface area contributed by atoms with Gasteiger partial charge in [-0.25, -0.2) is 0 Å². The number of thioether (sulfide) groups is 1. The summed E-state index contributed by atoms with van der Waals surface area (Å²) in [6, 6.07) is 4.59.